The Hall–Kier alpha value is -4.34. The highest BCUT2D eigenvalue weighted by Gasteiger charge is 2.23. The van der Waals surface area contributed by atoms with Crippen LogP contribution in [0.15, 0.2) is 59.3 Å². The van der Waals surface area contributed by atoms with Crippen LogP contribution in [-0.4, -0.2) is 73.6 Å². The second-order valence-corrected chi connectivity index (χ2v) is 9.92. The summed E-state index contributed by atoms with van der Waals surface area (Å²) in [5.74, 6) is -0.380. The van der Waals surface area contributed by atoms with Crippen LogP contribution in [-0.2, 0) is 4.79 Å². The average molecular weight is 531 g/mol. The van der Waals surface area contributed by atoms with Gasteiger partial charge in [0.05, 0.1) is 17.6 Å². The molecule has 2 saturated heterocycles. The van der Waals surface area contributed by atoms with Gasteiger partial charge in [-0.25, -0.2) is 0 Å². The first-order valence-corrected chi connectivity index (χ1v) is 13.5. The van der Waals surface area contributed by atoms with Crippen LogP contribution in [0, 0.1) is 6.92 Å². The number of hydrogen-bond donors (Lipinski definition) is 2. The minimum absolute atomic E-state index is 0.0941. The largest absolute Gasteiger partial charge is 0.368 e. The number of carbonyl (C=O) groups excluding carboxylic acids is 3. The molecular formula is C29H34N6O4. The van der Waals surface area contributed by atoms with Crippen LogP contribution in [0.3, 0.4) is 0 Å². The molecule has 0 unspecified atom stereocenters. The highest BCUT2D eigenvalue weighted by atomic mass is 16.5. The second kappa shape index (κ2) is 12.0. The molecule has 10 nitrogen and oxygen atoms in total. The molecule has 2 fully saturated rings. The Bertz CT molecular complexity index is 1320. The molecular weight excluding hydrogens is 496 g/mol. The maximum Gasteiger partial charge on any atom is 0.294 e. The Morgan fingerprint density at radius 1 is 0.949 bits per heavy atom. The van der Waals surface area contributed by atoms with Crippen molar-refractivity contribution in [3.05, 3.63) is 71.6 Å². The molecule has 0 bridgehead atoms. The molecule has 204 valence electrons. The highest BCUT2D eigenvalue weighted by Crippen LogP contribution is 2.30. The van der Waals surface area contributed by atoms with Gasteiger partial charge in [0.25, 0.3) is 11.8 Å². The van der Waals surface area contributed by atoms with Gasteiger partial charge in [0.15, 0.2) is 0 Å². The molecule has 0 spiro atoms. The van der Waals surface area contributed by atoms with E-state index in [4.69, 9.17) is 4.52 Å². The summed E-state index contributed by atoms with van der Waals surface area (Å²) < 4.78 is 5.03. The molecule has 0 saturated carbocycles. The number of nitrogens with one attached hydrogen (secondary N) is 2. The van der Waals surface area contributed by atoms with Crippen LogP contribution in [0.4, 0.5) is 17.1 Å². The molecule has 1 aromatic heterocycles. The van der Waals surface area contributed by atoms with Gasteiger partial charge in [-0.1, -0.05) is 23.4 Å². The molecule has 10 heteroatoms. The molecule has 2 N–H and O–H groups in total. The second-order valence-electron chi connectivity index (χ2n) is 9.92. The van der Waals surface area contributed by atoms with Crippen molar-refractivity contribution in [1.82, 2.24) is 15.4 Å². The van der Waals surface area contributed by atoms with Gasteiger partial charge in [-0.05, 0) is 49.6 Å². The first-order chi connectivity index (χ1) is 19.0. The molecule has 3 aromatic rings. The third-order valence-corrected chi connectivity index (χ3v) is 7.31. The van der Waals surface area contributed by atoms with Crippen LogP contribution in [0.1, 0.15) is 45.7 Å². The van der Waals surface area contributed by atoms with Crippen molar-refractivity contribution in [2.24, 2.45) is 0 Å². The molecule has 0 atom stereocenters. The zero-order chi connectivity index (χ0) is 27.2. The lowest BCUT2D eigenvalue weighted by atomic mass is 10.1. The lowest BCUT2D eigenvalue weighted by Crippen LogP contribution is -2.47. The lowest BCUT2D eigenvalue weighted by molar-refractivity contribution is -0.127. The number of aryl methyl sites for hydroxylation is 1. The Kier molecular flexibility index (Phi) is 8.10. The standard InChI is InChI=1S/C29H34N6O4/c1-21-6-2-3-7-24(21)33-16-18-34(19-17-33)25-10-9-22(20-23(25)32-29(38)26-11-13-31-39-26)28(37)30-12-5-15-35-14-4-8-27(35)36/h2-3,6-7,9-11,13,20H,4-5,8,12,14-19H2,1H3,(H,30,37)(H,32,38). The average Bonchev–Trinajstić information content (AvgIpc) is 3.64. The van der Waals surface area contributed by atoms with Crippen molar-refractivity contribution >= 4 is 34.8 Å². The number of anilines is 3. The van der Waals surface area contributed by atoms with Crippen LogP contribution in [0.5, 0.6) is 0 Å². The Balaban J connectivity index is 1.27. The minimum atomic E-state index is -0.430. The molecule has 2 aliphatic heterocycles. The molecule has 0 aliphatic carbocycles. The first-order valence-electron chi connectivity index (χ1n) is 13.5. The van der Waals surface area contributed by atoms with Gasteiger partial charge >= 0.3 is 0 Å². The van der Waals surface area contributed by atoms with E-state index in [0.29, 0.717) is 37.2 Å². The van der Waals surface area contributed by atoms with Gasteiger partial charge < -0.3 is 29.9 Å². The van der Waals surface area contributed by atoms with Crippen molar-refractivity contribution in [3.8, 4) is 0 Å². The smallest absolute Gasteiger partial charge is 0.294 e. The zero-order valence-corrected chi connectivity index (χ0v) is 22.2. The molecule has 5 rings (SSSR count). The maximum atomic E-state index is 12.9. The monoisotopic (exact) mass is 530 g/mol. The number of nitrogens with zero attached hydrogens (tertiary/aromatic N) is 4. The Labute approximate surface area is 227 Å². The summed E-state index contributed by atoms with van der Waals surface area (Å²) in [6.07, 6.45) is 3.62. The van der Waals surface area contributed by atoms with Gasteiger partial charge in [-0.15, -0.1) is 0 Å². The van der Waals surface area contributed by atoms with E-state index in [1.807, 2.05) is 17.0 Å². The van der Waals surface area contributed by atoms with Crippen LogP contribution < -0.4 is 20.4 Å². The topological polar surface area (TPSA) is 111 Å². The summed E-state index contributed by atoms with van der Waals surface area (Å²) >= 11 is 0. The Morgan fingerprint density at radius 3 is 2.41 bits per heavy atom. The van der Waals surface area contributed by atoms with Crippen molar-refractivity contribution in [3.63, 3.8) is 0 Å². The van der Waals surface area contributed by atoms with E-state index >= 15 is 0 Å². The van der Waals surface area contributed by atoms with Crippen molar-refractivity contribution < 1.29 is 18.9 Å². The number of carbonyl (C=O) groups is 3. The fourth-order valence-electron chi connectivity index (χ4n) is 5.19. The summed E-state index contributed by atoms with van der Waals surface area (Å²) in [6.45, 7) is 7.22. The summed E-state index contributed by atoms with van der Waals surface area (Å²) in [4.78, 5) is 44.0. The van der Waals surface area contributed by atoms with Crippen LogP contribution in [0.25, 0.3) is 0 Å². The summed E-state index contributed by atoms with van der Waals surface area (Å²) in [6, 6.07) is 15.2. The lowest BCUT2D eigenvalue weighted by Gasteiger charge is -2.38. The SMILES string of the molecule is Cc1ccccc1N1CCN(c2ccc(C(=O)NCCCN3CCCC3=O)cc2NC(=O)c2ccno2)CC1. The van der Waals surface area contributed by atoms with Crippen molar-refractivity contribution in [2.45, 2.75) is 26.2 Å². The van der Waals surface area contributed by atoms with E-state index in [1.165, 1.54) is 23.5 Å². The normalized spacial score (nSPS) is 15.5. The summed E-state index contributed by atoms with van der Waals surface area (Å²) in [5, 5.41) is 9.47. The number of benzene rings is 2. The number of likely N-dealkylation sites (tertiary alicyclic amines) is 1. The van der Waals surface area contributed by atoms with E-state index in [1.54, 1.807) is 12.1 Å². The Morgan fingerprint density at radius 2 is 1.72 bits per heavy atom. The van der Waals surface area contributed by atoms with Gasteiger partial charge in [-0.3, -0.25) is 14.4 Å². The number of rotatable bonds is 9. The van der Waals surface area contributed by atoms with Gasteiger partial charge in [0.1, 0.15) is 0 Å². The molecule has 3 amide bonds. The third kappa shape index (κ3) is 6.22. The highest BCUT2D eigenvalue weighted by molar-refractivity contribution is 6.05. The molecule has 2 aromatic carbocycles. The third-order valence-electron chi connectivity index (χ3n) is 7.31. The van der Waals surface area contributed by atoms with Gasteiger partial charge in [0, 0.05) is 69.6 Å². The van der Waals surface area contributed by atoms with E-state index in [2.05, 4.69) is 50.7 Å². The summed E-state index contributed by atoms with van der Waals surface area (Å²) in [5.41, 5.74) is 4.31. The van der Waals surface area contributed by atoms with Gasteiger partial charge in [0.2, 0.25) is 11.7 Å². The van der Waals surface area contributed by atoms with Crippen molar-refractivity contribution in [1.29, 1.82) is 0 Å². The van der Waals surface area contributed by atoms with Crippen LogP contribution in [0.2, 0.25) is 0 Å². The van der Waals surface area contributed by atoms with Crippen molar-refractivity contribution in [2.75, 3.05) is 60.9 Å². The number of hydrogen-bond acceptors (Lipinski definition) is 7. The number of piperazine rings is 1. The fourth-order valence-corrected chi connectivity index (χ4v) is 5.19. The quantitative estimate of drug-likeness (QED) is 0.409. The van der Waals surface area contributed by atoms with E-state index in [-0.39, 0.29) is 17.6 Å². The number of amides is 3. The fraction of sp³-hybridized carbons (Fsp3) is 0.379. The predicted octanol–water partition coefficient (Wildman–Crippen LogP) is 3.30. The molecule has 39 heavy (non-hydrogen) atoms. The number of para-hydroxylation sites is 1. The van der Waals surface area contributed by atoms with E-state index in [0.717, 1.165) is 44.8 Å². The maximum absolute atomic E-state index is 12.9. The summed E-state index contributed by atoms with van der Waals surface area (Å²) in [7, 11) is 0. The molecule has 3 heterocycles. The van der Waals surface area contributed by atoms with Gasteiger partial charge in [-0.2, -0.15) is 0 Å². The van der Waals surface area contributed by atoms with E-state index in [9.17, 15) is 14.4 Å². The molecule has 2 aliphatic rings. The number of aromatic nitrogens is 1. The zero-order valence-electron chi connectivity index (χ0n) is 22.2. The van der Waals surface area contributed by atoms with E-state index < -0.39 is 5.91 Å². The minimum Gasteiger partial charge on any atom is -0.368 e. The first kappa shape index (κ1) is 26.3. The van der Waals surface area contributed by atoms with Crippen LogP contribution >= 0.6 is 0 Å². The predicted molar refractivity (Wildman–Crippen MR) is 149 cm³/mol. The molecule has 0 radical (unpaired) electrons.